The van der Waals surface area contributed by atoms with Crippen LogP contribution in [0, 0.1) is 10.8 Å². The van der Waals surface area contributed by atoms with Crippen molar-refractivity contribution >= 4 is 5.78 Å². The molecule has 0 aromatic heterocycles. The van der Waals surface area contributed by atoms with Gasteiger partial charge in [0, 0.05) is 6.42 Å². The van der Waals surface area contributed by atoms with E-state index in [2.05, 4.69) is 160 Å². The van der Waals surface area contributed by atoms with Crippen LogP contribution in [-0.2, 0) is 4.79 Å². The Morgan fingerprint density at radius 2 is 1.12 bits per heavy atom. The number of carbonyl (C=O) groups excluding carboxylic acids is 1. The first-order chi connectivity index (χ1) is 19.2. The van der Waals surface area contributed by atoms with Crippen molar-refractivity contribution in [3.63, 3.8) is 0 Å². The monoisotopic (exact) mass is 548 g/mol. The van der Waals surface area contributed by atoms with Gasteiger partial charge in [0.15, 0.2) is 5.78 Å². The molecule has 218 valence electrons. The van der Waals surface area contributed by atoms with Crippen LogP contribution >= 0.6 is 0 Å². The molecular formula is C40H52O. The van der Waals surface area contributed by atoms with E-state index in [-0.39, 0.29) is 16.6 Å². The lowest BCUT2D eigenvalue weighted by molar-refractivity contribution is -0.116. The van der Waals surface area contributed by atoms with Gasteiger partial charge in [0.05, 0.1) is 0 Å². The summed E-state index contributed by atoms with van der Waals surface area (Å²) in [5.74, 6) is 0.278. The van der Waals surface area contributed by atoms with E-state index in [1.54, 1.807) is 0 Å². The molecular weight excluding hydrogens is 496 g/mol. The van der Waals surface area contributed by atoms with E-state index in [4.69, 9.17) is 0 Å². The van der Waals surface area contributed by atoms with Crippen LogP contribution in [0.4, 0.5) is 0 Å². The molecule has 0 unspecified atom stereocenters. The molecule has 2 aliphatic carbocycles. The maximum atomic E-state index is 12.1. The summed E-state index contributed by atoms with van der Waals surface area (Å²) in [6.07, 6.45) is 37.0. The summed E-state index contributed by atoms with van der Waals surface area (Å²) in [5.41, 5.74) is 9.88. The van der Waals surface area contributed by atoms with E-state index < -0.39 is 0 Å². The number of hydrogen-bond acceptors (Lipinski definition) is 1. The zero-order chi connectivity index (χ0) is 30.6. The van der Waals surface area contributed by atoms with Crippen LogP contribution in [0.3, 0.4) is 0 Å². The minimum Gasteiger partial charge on any atom is -0.295 e. The molecule has 0 spiro atoms. The van der Waals surface area contributed by atoms with Crippen LogP contribution in [0.2, 0.25) is 0 Å². The van der Waals surface area contributed by atoms with Crippen LogP contribution in [0.1, 0.15) is 88.5 Å². The zero-order valence-corrected chi connectivity index (χ0v) is 27.3. The zero-order valence-electron chi connectivity index (χ0n) is 27.3. The van der Waals surface area contributed by atoms with Crippen LogP contribution in [-0.4, -0.2) is 5.78 Å². The highest BCUT2D eigenvalue weighted by atomic mass is 16.1. The molecule has 0 N–H and O–H groups in total. The smallest absolute Gasteiger partial charge is 0.158 e. The molecule has 0 aliphatic heterocycles. The predicted molar refractivity (Wildman–Crippen MR) is 182 cm³/mol. The molecule has 0 saturated heterocycles. The van der Waals surface area contributed by atoms with Crippen LogP contribution in [0.5, 0.6) is 0 Å². The van der Waals surface area contributed by atoms with Crippen molar-refractivity contribution in [3.05, 3.63) is 142 Å². The van der Waals surface area contributed by atoms with Crippen LogP contribution < -0.4 is 0 Å². The molecule has 0 aromatic rings. The Labute approximate surface area is 251 Å². The molecule has 0 heterocycles. The quantitative estimate of drug-likeness (QED) is 0.248. The number of carbonyl (C=O) groups is 1. The van der Waals surface area contributed by atoms with Crippen molar-refractivity contribution < 1.29 is 4.79 Å². The first-order valence-electron chi connectivity index (χ1n) is 14.9. The van der Waals surface area contributed by atoms with Gasteiger partial charge in [-0.15, -0.1) is 0 Å². The Morgan fingerprint density at radius 1 is 0.659 bits per heavy atom. The highest BCUT2D eigenvalue weighted by molar-refractivity contribution is 5.97. The van der Waals surface area contributed by atoms with Gasteiger partial charge in [-0.2, -0.15) is 0 Å². The summed E-state index contributed by atoms with van der Waals surface area (Å²) in [4.78, 5) is 12.1. The highest BCUT2D eigenvalue weighted by Gasteiger charge is 2.30. The van der Waals surface area contributed by atoms with Crippen LogP contribution in [0.15, 0.2) is 142 Å². The Kier molecular flexibility index (Phi) is 12.8. The highest BCUT2D eigenvalue weighted by Crippen LogP contribution is 2.39. The average molecular weight is 549 g/mol. The largest absolute Gasteiger partial charge is 0.295 e. The second-order valence-corrected chi connectivity index (χ2v) is 12.8. The number of Topliss-reactive ketones (excluding diaryl/α,β-unsaturated/α-hetero) is 1. The summed E-state index contributed by atoms with van der Waals surface area (Å²) >= 11 is 0. The third kappa shape index (κ3) is 11.2. The Hall–Kier alpha value is -3.45. The second-order valence-electron chi connectivity index (χ2n) is 12.8. The van der Waals surface area contributed by atoms with E-state index in [1.807, 2.05) is 6.92 Å². The maximum absolute atomic E-state index is 12.1. The SMILES string of the molecule is CC(C=CC=C(C)C=CC1=C(C)C=CCC1(C)C)=CC=CC=C(C)C=CC=C(C)C=CC1=C(C)C(=O)CCC1(C)C. The fourth-order valence-corrected chi connectivity index (χ4v) is 5.15. The fraction of sp³-hybridized carbons (Fsp3) is 0.375. The van der Waals surface area contributed by atoms with Gasteiger partial charge in [-0.25, -0.2) is 0 Å². The van der Waals surface area contributed by atoms with Gasteiger partial charge in [-0.05, 0) is 87.5 Å². The van der Waals surface area contributed by atoms with Gasteiger partial charge >= 0.3 is 0 Å². The van der Waals surface area contributed by atoms with Gasteiger partial charge in [-0.1, -0.05) is 147 Å². The lowest BCUT2D eigenvalue weighted by atomic mass is 9.72. The molecule has 2 aliphatic rings. The third-order valence-electron chi connectivity index (χ3n) is 7.97. The van der Waals surface area contributed by atoms with Crippen molar-refractivity contribution in [1.29, 1.82) is 0 Å². The lowest BCUT2D eigenvalue weighted by Crippen LogP contribution is -2.24. The molecule has 41 heavy (non-hydrogen) atoms. The first-order valence-corrected chi connectivity index (χ1v) is 14.9. The standard InChI is InChI=1S/C40H52O/c1-30(18-13-20-32(3)23-25-36-34(5)22-15-28-39(36,7)8)16-11-12-17-31(2)19-14-21-33(4)24-26-37-35(6)38(41)27-29-40(37,9)10/h11-26H,27-29H2,1-10H3. The number of ketones is 1. The molecule has 0 saturated carbocycles. The predicted octanol–water partition coefficient (Wildman–Crippen LogP) is 11.6. The van der Waals surface area contributed by atoms with E-state index >= 15 is 0 Å². The van der Waals surface area contributed by atoms with Crippen molar-refractivity contribution in [2.24, 2.45) is 10.8 Å². The minimum atomic E-state index is 0.0489. The molecule has 0 aromatic carbocycles. The molecule has 1 heteroatoms. The molecule has 0 radical (unpaired) electrons. The number of rotatable bonds is 10. The van der Waals surface area contributed by atoms with Gasteiger partial charge < -0.3 is 0 Å². The summed E-state index contributed by atoms with van der Waals surface area (Å²) in [7, 11) is 0. The molecule has 0 bridgehead atoms. The molecule has 0 fully saturated rings. The molecule has 0 atom stereocenters. The first kappa shape index (κ1) is 33.8. The van der Waals surface area contributed by atoms with E-state index in [9.17, 15) is 4.79 Å². The summed E-state index contributed by atoms with van der Waals surface area (Å²) in [6.45, 7) is 21.7. The number of hydrogen-bond donors (Lipinski definition) is 0. The Morgan fingerprint density at radius 3 is 1.63 bits per heavy atom. The normalized spacial score (nSPS) is 21.4. The van der Waals surface area contributed by atoms with Crippen molar-refractivity contribution in [2.75, 3.05) is 0 Å². The van der Waals surface area contributed by atoms with Gasteiger partial charge in [0.1, 0.15) is 0 Å². The number of allylic oxidation sites excluding steroid dienone is 24. The fourth-order valence-electron chi connectivity index (χ4n) is 5.15. The van der Waals surface area contributed by atoms with Crippen molar-refractivity contribution in [3.8, 4) is 0 Å². The maximum Gasteiger partial charge on any atom is 0.158 e. The molecule has 1 nitrogen and oxygen atoms in total. The molecule has 0 amide bonds. The Balaban J connectivity index is 1.91. The lowest BCUT2D eigenvalue weighted by Gasteiger charge is -2.32. The summed E-state index contributed by atoms with van der Waals surface area (Å²) in [6, 6.07) is 0. The molecule has 2 rings (SSSR count). The van der Waals surface area contributed by atoms with E-state index in [1.165, 1.54) is 27.9 Å². The average Bonchev–Trinajstić information content (AvgIpc) is 2.88. The van der Waals surface area contributed by atoms with Gasteiger partial charge in [-0.3, -0.25) is 4.79 Å². The van der Waals surface area contributed by atoms with Crippen LogP contribution in [0.25, 0.3) is 0 Å². The summed E-state index contributed by atoms with van der Waals surface area (Å²) in [5, 5.41) is 0. The van der Waals surface area contributed by atoms with E-state index in [0.717, 1.165) is 29.6 Å². The van der Waals surface area contributed by atoms with Crippen molar-refractivity contribution in [1.82, 2.24) is 0 Å². The van der Waals surface area contributed by atoms with E-state index in [0.29, 0.717) is 6.42 Å². The summed E-state index contributed by atoms with van der Waals surface area (Å²) < 4.78 is 0. The Bertz CT molecular complexity index is 1340. The second kappa shape index (κ2) is 15.5. The van der Waals surface area contributed by atoms with Crippen molar-refractivity contribution in [2.45, 2.75) is 88.5 Å². The van der Waals surface area contributed by atoms with Gasteiger partial charge in [0.25, 0.3) is 0 Å². The third-order valence-corrected chi connectivity index (χ3v) is 7.97. The van der Waals surface area contributed by atoms with Gasteiger partial charge in [0.2, 0.25) is 0 Å². The topological polar surface area (TPSA) is 17.1 Å². The minimum absolute atomic E-state index is 0.0489.